The standard InChI is InChI=1S/C18H17BrN2O3/c19-12-7-8-16(22)15(10-12)18(24)20-13-4-3-5-14(11-13)21-9-2-1-6-17(21)23/h3-5,7-8,10-11,22H,1-2,6,9H2,(H,20,24). The second kappa shape index (κ2) is 7.05. The second-order valence-corrected chi connectivity index (χ2v) is 6.58. The van der Waals surface area contributed by atoms with Gasteiger partial charge in [0.15, 0.2) is 0 Å². The zero-order valence-corrected chi connectivity index (χ0v) is 14.5. The lowest BCUT2D eigenvalue weighted by atomic mass is 10.1. The fourth-order valence-electron chi connectivity index (χ4n) is 2.72. The molecule has 2 aromatic carbocycles. The van der Waals surface area contributed by atoms with Gasteiger partial charge in [-0.1, -0.05) is 22.0 Å². The van der Waals surface area contributed by atoms with Crippen LogP contribution in [0.2, 0.25) is 0 Å². The molecule has 1 fully saturated rings. The molecule has 2 aromatic rings. The topological polar surface area (TPSA) is 69.6 Å². The first-order valence-corrected chi connectivity index (χ1v) is 8.54. The van der Waals surface area contributed by atoms with Crippen molar-refractivity contribution in [2.45, 2.75) is 19.3 Å². The lowest BCUT2D eigenvalue weighted by Crippen LogP contribution is -2.35. The molecule has 6 heteroatoms. The van der Waals surface area contributed by atoms with Crippen LogP contribution < -0.4 is 10.2 Å². The molecule has 0 aromatic heterocycles. The van der Waals surface area contributed by atoms with Gasteiger partial charge in [0.05, 0.1) is 5.56 Å². The number of nitrogens with zero attached hydrogens (tertiary/aromatic N) is 1. The molecule has 0 unspecified atom stereocenters. The van der Waals surface area contributed by atoms with Gasteiger partial charge in [0, 0.05) is 28.8 Å². The van der Waals surface area contributed by atoms with E-state index in [0.717, 1.165) is 18.5 Å². The zero-order chi connectivity index (χ0) is 17.1. The number of anilines is 2. The van der Waals surface area contributed by atoms with Crippen LogP contribution in [0.5, 0.6) is 5.75 Å². The molecule has 124 valence electrons. The van der Waals surface area contributed by atoms with E-state index in [4.69, 9.17) is 0 Å². The van der Waals surface area contributed by atoms with E-state index in [-0.39, 0.29) is 17.2 Å². The molecular formula is C18H17BrN2O3. The van der Waals surface area contributed by atoms with Crippen molar-refractivity contribution in [2.24, 2.45) is 0 Å². The van der Waals surface area contributed by atoms with Gasteiger partial charge in [-0.2, -0.15) is 0 Å². The van der Waals surface area contributed by atoms with Gasteiger partial charge in [-0.05, 0) is 49.2 Å². The van der Waals surface area contributed by atoms with Crippen LogP contribution in [0.25, 0.3) is 0 Å². The summed E-state index contributed by atoms with van der Waals surface area (Å²) in [6.07, 6.45) is 2.46. The van der Waals surface area contributed by atoms with Crippen LogP contribution in [0.1, 0.15) is 29.6 Å². The van der Waals surface area contributed by atoms with Crippen LogP contribution in [-0.2, 0) is 4.79 Å². The van der Waals surface area contributed by atoms with Crippen molar-refractivity contribution in [2.75, 3.05) is 16.8 Å². The van der Waals surface area contributed by atoms with Crippen LogP contribution >= 0.6 is 15.9 Å². The van der Waals surface area contributed by atoms with Crippen molar-refractivity contribution in [3.05, 3.63) is 52.5 Å². The minimum Gasteiger partial charge on any atom is -0.507 e. The van der Waals surface area contributed by atoms with E-state index < -0.39 is 5.91 Å². The number of phenols is 1. The van der Waals surface area contributed by atoms with Crippen LogP contribution in [0.3, 0.4) is 0 Å². The molecule has 1 aliphatic rings. The average Bonchev–Trinajstić information content (AvgIpc) is 2.57. The molecule has 1 heterocycles. The number of hydrogen-bond acceptors (Lipinski definition) is 3. The van der Waals surface area contributed by atoms with Crippen LogP contribution in [0, 0.1) is 0 Å². The predicted octanol–water partition coefficient (Wildman–Crippen LogP) is 3.92. The summed E-state index contributed by atoms with van der Waals surface area (Å²) in [4.78, 5) is 26.1. The van der Waals surface area contributed by atoms with Crippen molar-refractivity contribution in [3.8, 4) is 5.75 Å². The highest BCUT2D eigenvalue weighted by atomic mass is 79.9. The number of nitrogens with one attached hydrogen (secondary N) is 1. The van der Waals surface area contributed by atoms with Crippen molar-refractivity contribution >= 4 is 39.1 Å². The lowest BCUT2D eigenvalue weighted by Gasteiger charge is -2.27. The summed E-state index contributed by atoms with van der Waals surface area (Å²) in [6.45, 7) is 0.697. The largest absolute Gasteiger partial charge is 0.507 e. The maximum absolute atomic E-state index is 12.4. The molecule has 0 aliphatic carbocycles. The minimum absolute atomic E-state index is 0.0851. The second-order valence-electron chi connectivity index (χ2n) is 5.67. The summed E-state index contributed by atoms with van der Waals surface area (Å²) in [6, 6.07) is 11.9. The normalized spacial score (nSPS) is 14.5. The van der Waals surface area contributed by atoms with E-state index in [1.54, 1.807) is 35.2 Å². The lowest BCUT2D eigenvalue weighted by molar-refractivity contribution is -0.119. The number of carbonyl (C=O) groups is 2. The first-order chi connectivity index (χ1) is 11.5. The SMILES string of the molecule is O=C(Nc1cccc(N2CCCCC2=O)c1)c1cc(Br)ccc1O. The molecule has 0 atom stereocenters. The Morgan fingerprint density at radius 1 is 1.17 bits per heavy atom. The molecule has 2 N–H and O–H groups in total. The highest BCUT2D eigenvalue weighted by molar-refractivity contribution is 9.10. The van der Waals surface area contributed by atoms with Crippen molar-refractivity contribution in [1.29, 1.82) is 0 Å². The van der Waals surface area contributed by atoms with Gasteiger partial charge in [-0.15, -0.1) is 0 Å². The van der Waals surface area contributed by atoms with Crippen LogP contribution in [-0.4, -0.2) is 23.5 Å². The molecule has 24 heavy (non-hydrogen) atoms. The molecular weight excluding hydrogens is 372 g/mol. The van der Waals surface area contributed by atoms with Gasteiger partial charge in [-0.25, -0.2) is 0 Å². The van der Waals surface area contributed by atoms with Gasteiger partial charge in [0.2, 0.25) is 5.91 Å². The number of phenolic OH excluding ortho intramolecular Hbond substituents is 1. The maximum Gasteiger partial charge on any atom is 0.259 e. The summed E-state index contributed by atoms with van der Waals surface area (Å²) < 4.78 is 0.707. The molecule has 0 bridgehead atoms. The van der Waals surface area contributed by atoms with Crippen molar-refractivity contribution < 1.29 is 14.7 Å². The van der Waals surface area contributed by atoms with E-state index in [1.807, 2.05) is 6.07 Å². The minimum atomic E-state index is -0.407. The van der Waals surface area contributed by atoms with Gasteiger partial charge in [0.25, 0.3) is 5.91 Å². The number of piperidine rings is 1. The molecule has 1 saturated heterocycles. The Morgan fingerprint density at radius 2 is 2.00 bits per heavy atom. The van der Waals surface area contributed by atoms with Crippen molar-refractivity contribution in [1.82, 2.24) is 0 Å². The number of carbonyl (C=O) groups excluding carboxylic acids is 2. The third-order valence-corrected chi connectivity index (χ3v) is 4.44. The highest BCUT2D eigenvalue weighted by Crippen LogP contribution is 2.26. The first-order valence-electron chi connectivity index (χ1n) is 7.75. The monoisotopic (exact) mass is 388 g/mol. The third kappa shape index (κ3) is 3.59. The zero-order valence-electron chi connectivity index (χ0n) is 13.0. The third-order valence-electron chi connectivity index (χ3n) is 3.94. The van der Waals surface area contributed by atoms with E-state index in [1.165, 1.54) is 6.07 Å². The Labute approximate surface area is 148 Å². The molecule has 0 saturated carbocycles. The van der Waals surface area contributed by atoms with E-state index >= 15 is 0 Å². The van der Waals surface area contributed by atoms with Gasteiger partial charge >= 0.3 is 0 Å². The molecule has 3 rings (SSSR count). The number of aromatic hydroxyl groups is 1. The quantitative estimate of drug-likeness (QED) is 0.836. The summed E-state index contributed by atoms with van der Waals surface area (Å²) in [7, 11) is 0. The van der Waals surface area contributed by atoms with E-state index in [9.17, 15) is 14.7 Å². The average molecular weight is 389 g/mol. The molecule has 0 spiro atoms. The number of rotatable bonds is 3. The Bertz CT molecular complexity index is 792. The number of benzene rings is 2. The van der Waals surface area contributed by atoms with Gasteiger partial charge in [0.1, 0.15) is 5.75 Å². The van der Waals surface area contributed by atoms with Gasteiger partial charge in [-0.3, -0.25) is 9.59 Å². The molecule has 5 nitrogen and oxygen atoms in total. The Balaban J connectivity index is 1.80. The summed E-state index contributed by atoms with van der Waals surface area (Å²) in [5.41, 5.74) is 1.54. The Kier molecular flexibility index (Phi) is 4.85. The first kappa shape index (κ1) is 16.5. The summed E-state index contributed by atoms with van der Waals surface area (Å²) in [5, 5.41) is 12.6. The number of amides is 2. The Hall–Kier alpha value is -2.34. The molecule has 1 aliphatic heterocycles. The summed E-state index contributed by atoms with van der Waals surface area (Å²) >= 11 is 3.29. The van der Waals surface area contributed by atoms with E-state index in [2.05, 4.69) is 21.2 Å². The highest BCUT2D eigenvalue weighted by Gasteiger charge is 2.20. The summed E-state index contributed by atoms with van der Waals surface area (Å²) in [5.74, 6) is -0.386. The predicted molar refractivity (Wildman–Crippen MR) is 96.4 cm³/mol. The van der Waals surface area contributed by atoms with E-state index in [0.29, 0.717) is 23.1 Å². The number of halogens is 1. The number of hydrogen-bond donors (Lipinski definition) is 2. The smallest absolute Gasteiger partial charge is 0.259 e. The molecule has 0 radical (unpaired) electrons. The molecule has 2 amide bonds. The Morgan fingerprint density at radius 3 is 2.79 bits per heavy atom. The maximum atomic E-state index is 12.4. The van der Waals surface area contributed by atoms with Crippen LogP contribution in [0.15, 0.2) is 46.9 Å². The van der Waals surface area contributed by atoms with Crippen molar-refractivity contribution in [3.63, 3.8) is 0 Å². The fraction of sp³-hybridized carbons (Fsp3) is 0.222. The fourth-order valence-corrected chi connectivity index (χ4v) is 3.08. The van der Waals surface area contributed by atoms with Gasteiger partial charge < -0.3 is 15.3 Å². The van der Waals surface area contributed by atoms with Crippen LogP contribution in [0.4, 0.5) is 11.4 Å².